The van der Waals surface area contributed by atoms with Crippen molar-refractivity contribution < 1.29 is 4.74 Å². The van der Waals surface area contributed by atoms with E-state index < -0.39 is 0 Å². The van der Waals surface area contributed by atoms with Gasteiger partial charge in [-0.05, 0) is 27.8 Å². The molecule has 1 heterocycles. The lowest BCUT2D eigenvalue weighted by molar-refractivity contribution is -0.0571. The van der Waals surface area contributed by atoms with E-state index in [1.54, 1.807) is 7.11 Å². The Kier molecular flexibility index (Phi) is 4.73. The third-order valence-electron chi connectivity index (χ3n) is 4.32. The zero-order valence-electron chi connectivity index (χ0n) is 11.4. The van der Waals surface area contributed by atoms with Gasteiger partial charge in [-0.3, -0.25) is 4.90 Å². The molecular formula is C12H27N3O. The van der Waals surface area contributed by atoms with Crippen molar-refractivity contribution in [3.8, 4) is 0 Å². The molecule has 0 radical (unpaired) electrons. The molecule has 1 aliphatic heterocycles. The van der Waals surface area contributed by atoms with Crippen LogP contribution in [0.4, 0.5) is 0 Å². The van der Waals surface area contributed by atoms with E-state index in [4.69, 9.17) is 10.5 Å². The van der Waals surface area contributed by atoms with Crippen molar-refractivity contribution in [2.75, 3.05) is 40.3 Å². The van der Waals surface area contributed by atoms with Gasteiger partial charge in [-0.15, -0.1) is 0 Å². The number of hydrogen-bond acceptors (Lipinski definition) is 4. The van der Waals surface area contributed by atoms with Gasteiger partial charge in [-0.25, -0.2) is 0 Å². The van der Waals surface area contributed by atoms with Crippen LogP contribution in [-0.2, 0) is 4.74 Å². The van der Waals surface area contributed by atoms with Crippen LogP contribution in [0.1, 0.15) is 20.8 Å². The van der Waals surface area contributed by atoms with Crippen LogP contribution in [0.25, 0.3) is 0 Å². The first-order valence-corrected chi connectivity index (χ1v) is 6.14. The number of nitrogens with zero attached hydrogens (tertiary/aromatic N) is 2. The highest BCUT2D eigenvalue weighted by atomic mass is 16.5. The Morgan fingerprint density at radius 1 is 1.50 bits per heavy atom. The number of nitrogens with two attached hydrogens (primary N) is 1. The minimum Gasteiger partial charge on any atom is -0.380 e. The lowest BCUT2D eigenvalue weighted by Crippen LogP contribution is -2.65. The van der Waals surface area contributed by atoms with E-state index in [1.165, 1.54) is 0 Å². The maximum absolute atomic E-state index is 5.96. The summed E-state index contributed by atoms with van der Waals surface area (Å²) < 4.78 is 5.49. The van der Waals surface area contributed by atoms with E-state index in [0.29, 0.717) is 12.6 Å². The maximum Gasteiger partial charge on any atom is 0.0736 e. The molecule has 1 saturated heterocycles. The molecule has 0 aromatic carbocycles. The number of rotatable bonds is 4. The number of likely N-dealkylation sites (N-methyl/N-ethyl adjacent to an activating group) is 1. The van der Waals surface area contributed by atoms with Crippen LogP contribution in [0.5, 0.6) is 0 Å². The van der Waals surface area contributed by atoms with E-state index in [0.717, 1.165) is 19.6 Å². The Labute approximate surface area is 99.7 Å². The van der Waals surface area contributed by atoms with Gasteiger partial charge in [-0.1, -0.05) is 0 Å². The van der Waals surface area contributed by atoms with Gasteiger partial charge in [-0.2, -0.15) is 0 Å². The van der Waals surface area contributed by atoms with Crippen molar-refractivity contribution in [1.82, 2.24) is 9.80 Å². The van der Waals surface area contributed by atoms with E-state index >= 15 is 0 Å². The van der Waals surface area contributed by atoms with Crippen LogP contribution in [0.3, 0.4) is 0 Å². The average Bonchev–Trinajstić information content (AvgIpc) is 2.30. The molecule has 1 aliphatic rings. The molecule has 96 valence electrons. The minimum atomic E-state index is -0.0513. The first kappa shape index (κ1) is 13.9. The fourth-order valence-electron chi connectivity index (χ4n) is 2.32. The molecule has 2 N–H and O–H groups in total. The van der Waals surface area contributed by atoms with Gasteiger partial charge in [0.05, 0.1) is 11.6 Å². The highest BCUT2D eigenvalue weighted by Gasteiger charge is 2.39. The van der Waals surface area contributed by atoms with Crippen LogP contribution in [0.2, 0.25) is 0 Å². The summed E-state index contributed by atoms with van der Waals surface area (Å²) in [5.74, 6) is 0. The summed E-state index contributed by atoms with van der Waals surface area (Å²) in [5.41, 5.74) is 5.91. The third kappa shape index (κ3) is 2.56. The Hall–Kier alpha value is -0.160. The molecule has 0 aliphatic carbocycles. The topological polar surface area (TPSA) is 41.7 Å². The molecule has 16 heavy (non-hydrogen) atoms. The normalized spacial score (nSPS) is 30.0. The van der Waals surface area contributed by atoms with Gasteiger partial charge in [0.15, 0.2) is 0 Å². The summed E-state index contributed by atoms with van der Waals surface area (Å²) in [5, 5.41) is 0. The van der Waals surface area contributed by atoms with E-state index in [9.17, 15) is 0 Å². The minimum absolute atomic E-state index is 0.0513. The lowest BCUT2D eigenvalue weighted by Gasteiger charge is -2.49. The Morgan fingerprint density at radius 3 is 2.56 bits per heavy atom. The zero-order chi connectivity index (χ0) is 12.3. The molecule has 0 saturated carbocycles. The second-order valence-electron chi connectivity index (χ2n) is 5.21. The van der Waals surface area contributed by atoms with Crippen LogP contribution in [-0.4, -0.2) is 67.8 Å². The second kappa shape index (κ2) is 5.45. The molecule has 3 unspecified atom stereocenters. The maximum atomic E-state index is 5.96. The van der Waals surface area contributed by atoms with E-state index in [1.807, 2.05) is 0 Å². The molecule has 3 atom stereocenters. The van der Waals surface area contributed by atoms with Crippen LogP contribution >= 0.6 is 0 Å². The van der Waals surface area contributed by atoms with Crippen molar-refractivity contribution in [3.05, 3.63) is 0 Å². The van der Waals surface area contributed by atoms with Gasteiger partial charge in [0.2, 0.25) is 0 Å². The monoisotopic (exact) mass is 229 g/mol. The molecule has 0 aromatic heterocycles. The summed E-state index contributed by atoms with van der Waals surface area (Å²) in [4.78, 5) is 4.87. The van der Waals surface area contributed by atoms with Gasteiger partial charge >= 0.3 is 0 Å². The van der Waals surface area contributed by atoms with Gasteiger partial charge < -0.3 is 15.4 Å². The SMILES string of the molecule is COC(C)C(C)(CN)N1CCN(C)C(C)C1. The van der Waals surface area contributed by atoms with E-state index in [2.05, 4.69) is 37.6 Å². The number of hydrogen-bond donors (Lipinski definition) is 1. The van der Waals surface area contributed by atoms with Crippen molar-refractivity contribution >= 4 is 0 Å². The predicted molar refractivity (Wildman–Crippen MR) is 67.6 cm³/mol. The highest BCUT2D eigenvalue weighted by molar-refractivity contribution is 4.96. The zero-order valence-corrected chi connectivity index (χ0v) is 11.4. The van der Waals surface area contributed by atoms with Crippen molar-refractivity contribution in [3.63, 3.8) is 0 Å². The first-order valence-electron chi connectivity index (χ1n) is 6.14. The smallest absolute Gasteiger partial charge is 0.0736 e. The molecule has 0 bridgehead atoms. The molecule has 4 heteroatoms. The number of piperazine rings is 1. The molecule has 1 fully saturated rings. The Balaban J connectivity index is 2.73. The molecule has 0 spiro atoms. The number of methoxy groups -OCH3 is 1. The standard InChI is InChI=1S/C12H27N3O/c1-10-8-15(7-6-14(10)4)12(3,9-13)11(2)16-5/h10-11H,6-9,13H2,1-5H3. The van der Waals surface area contributed by atoms with Crippen molar-refractivity contribution in [2.45, 2.75) is 38.5 Å². The van der Waals surface area contributed by atoms with Gasteiger partial charge in [0.1, 0.15) is 0 Å². The molecule has 4 nitrogen and oxygen atoms in total. The summed E-state index contributed by atoms with van der Waals surface area (Å²) in [6.07, 6.45) is 0.160. The van der Waals surface area contributed by atoms with Crippen LogP contribution in [0.15, 0.2) is 0 Å². The van der Waals surface area contributed by atoms with Crippen molar-refractivity contribution in [1.29, 1.82) is 0 Å². The predicted octanol–water partition coefficient (Wildman–Crippen LogP) is 0.375. The quantitative estimate of drug-likeness (QED) is 0.756. The fraction of sp³-hybridized carbons (Fsp3) is 1.00. The highest BCUT2D eigenvalue weighted by Crippen LogP contribution is 2.23. The van der Waals surface area contributed by atoms with E-state index in [-0.39, 0.29) is 11.6 Å². The molecule has 1 rings (SSSR count). The Bertz CT molecular complexity index is 224. The van der Waals surface area contributed by atoms with Crippen molar-refractivity contribution in [2.24, 2.45) is 5.73 Å². The van der Waals surface area contributed by atoms with Gasteiger partial charge in [0, 0.05) is 39.3 Å². The average molecular weight is 229 g/mol. The summed E-state index contributed by atoms with van der Waals surface area (Å²) >= 11 is 0. The third-order valence-corrected chi connectivity index (χ3v) is 4.32. The first-order chi connectivity index (χ1) is 7.45. The molecule has 0 aromatic rings. The van der Waals surface area contributed by atoms with Gasteiger partial charge in [0.25, 0.3) is 0 Å². The van der Waals surface area contributed by atoms with Crippen LogP contribution < -0.4 is 5.73 Å². The van der Waals surface area contributed by atoms with Crippen LogP contribution in [0, 0.1) is 0 Å². The molecular weight excluding hydrogens is 202 g/mol. The number of ether oxygens (including phenoxy) is 1. The summed E-state index contributed by atoms with van der Waals surface area (Å²) in [6.45, 7) is 10.5. The summed E-state index contributed by atoms with van der Waals surface area (Å²) in [6, 6.07) is 0.587. The Morgan fingerprint density at radius 2 is 2.12 bits per heavy atom. The molecule has 0 amide bonds. The second-order valence-corrected chi connectivity index (χ2v) is 5.21. The summed E-state index contributed by atoms with van der Waals surface area (Å²) in [7, 11) is 3.94. The fourth-order valence-corrected chi connectivity index (χ4v) is 2.32. The lowest BCUT2D eigenvalue weighted by atomic mass is 9.91. The largest absolute Gasteiger partial charge is 0.380 e.